The van der Waals surface area contributed by atoms with Gasteiger partial charge in [0.2, 0.25) is 0 Å². The van der Waals surface area contributed by atoms with Crippen LogP contribution in [0.2, 0.25) is 0 Å². The van der Waals surface area contributed by atoms with Crippen molar-refractivity contribution in [3.63, 3.8) is 0 Å². The van der Waals surface area contributed by atoms with Crippen molar-refractivity contribution in [3.8, 4) is 17.2 Å². The van der Waals surface area contributed by atoms with Gasteiger partial charge in [-0.25, -0.2) is 0 Å². The Morgan fingerprint density at radius 1 is 1.00 bits per heavy atom. The van der Waals surface area contributed by atoms with Gasteiger partial charge in [-0.2, -0.15) is 0 Å². The first-order valence-corrected chi connectivity index (χ1v) is 6.12. The van der Waals surface area contributed by atoms with Crippen LogP contribution in [0.4, 0.5) is 0 Å². The van der Waals surface area contributed by atoms with Crippen molar-refractivity contribution >= 4 is 0 Å². The van der Waals surface area contributed by atoms with Gasteiger partial charge in [0.1, 0.15) is 5.75 Å². The number of benzene rings is 1. The summed E-state index contributed by atoms with van der Waals surface area (Å²) < 4.78 is 15.9. The van der Waals surface area contributed by atoms with Gasteiger partial charge in [-0.1, -0.05) is 0 Å². The van der Waals surface area contributed by atoms with Crippen LogP contribution in [-0.4, -0.2) is 38.6 Å². The summed E-state index contributed by atoms with van der Waals surface area (Å²) in [6, 6.07) is 3.67. The number of hydrogen-bond donors (Lipinski definition) is 2. The van der Waals surface area contributed by atoms with Crippen LogP contribution >= 0.6 is 0 Å². The van der Waals surface area contributed by atoms with Crippen LogP contribution in [0.3, 0.4) is 0 Å². The van der Waals surface area contributed by atoms with Crippen LogP contribution in [0.25, 0.3) is 0 Å². The summed E-state index contributed by atoms with van der Waals surface area (Å²) >= 11 is 0. The van der Waals surface area contributed by atoms with Crippen molar-refractivity contribution < 1.29 is 19.3 Å². The van der Waals surface area contributed by atoms with E-state index in [4.69, 9.17) is 14.2 Å². The van der Waals surface area contributed by atoms with Crippen LogP contribution in [0.1, 0.15) is 19.4 Å². The Morgan fingerprint density at radius 3 is 2.00 bits per heavy atom. The molecule has 5 heteroatoms. The number of methoxy groups -OCH3 is 3. The number of rotatable bonds is 7. The first-order chi connectivity index (χ1) is 8.97. The molecule has 108 valence electrons. The van der Waals surface area contributed by atoms with Gasteiger partial charge in [0.25, 0.3) is 0 Å². The van der Waals surface area contributed by atoms with E-state index in [0.717, 1.165) is 11.3 Å². The SMILES string of the molecule is COc1cc(OC)c(OC)cc1CNC(C)(C)CO. The molecule has 1 rings (SSSR count). The van der Waals surface area contributed by atoms with E-state index in [1.165, 1.54) is 0 Å². The fourth-order valence-electron chi connectivity index (χ4n) is 1.62. The molecule has 1 aromatic rings. The average molecular weight is 269 g/mol. The van der Waals surface area contributed by atoms with E-state index in [0.29, 0.717) is 18.0 Å². The summed E-state index contributed by atoms with van der Waals surface area (Å²) in [5.74, 6) is 2.00. The minimum atomic E-state index is -0.349. The Labute approximate surface area is 114 Å². The molecule has 0 amide bonds. The van der Waals surface area contributed by atoms with Crippen molar-refractivity contribution in [1.82, 2.24) is 5.32 Å². The van der Waals surface area contributed by atoms with Crippen molar-refractivity contribution in [3.05, 3.63) is 17.7 Å². The van der Waals surface area contributed by atoms with Gasteiger partial charge in [-0.05, 0) is 19.9 Å². The lowest BCUT2D eigenvalue weighted by atomic mass is 10.1. The van der Waals surface area contributed by atoms with Crippen LogP contribution in [0.5, 0.6) is 17.2 Å². The Morgan fingerprint density at radius 2 is 1.53 bits per heavy atom. The van der Waals surface area contributed by atoms with Crippen LogP contribution in [-0.2, 0) is 6.54 Å². The fourth-order valence-corrected chi connectivity index (χ4v) is 1.62. The highest BCUT2D eigenvalue weighted by Crippen LogP contribution is 2.34. The normalized spacial score (nSPS) is 11.3. The zero-order valence-corrected chi connectivity index (χ0v) is 12.2. The third-order valence-corrected chi connectivity index (χ3v) is 2.94. The summed E-state index contributed by atoms with van der Waals surface area (Å²) in [6.07, 6.45) is 0. The first kappa shape index (κ1) is 15.6. The monoisotopic (exact) mass is 269 g/mol. The molecule has 0 fully saturated rings. The second-order valence-corrected chi connectivity index (χ2v) is 4.91. The molecule has 0 aliphatic rings. The van der Waals surface area contributed by atoms with E-state index in [-0.39, 0.29) is 12.1 Å². The van der Waals surface area contributed by atoms with Crippen molar-refractivity contribution in [2.75, 3.05) is 27.9 Å². The van der Waals surface area contributed by atoms with Crippen molar-refractivity contribution in [1.29, 1.82) is 0 Å². The molecule has 0 spiro atoms. The summed E-state index contributed by atoms with van der Waals surface area (Å²) in [7, 11) is 4.80. The Bertz CT molecular complexity index is 418. The van der Waals surface area contributed by atoms with E-state index in [1.807, 2.05) is 19.9 Å². The molecule has 5 nitrogen and oxygen atoms in total. The maximum atomic E-state index is 9.24. The second-order valence-electron chi connectivity index (χ2n) is 4.91. The van der Waals surface area contributed by atoms with E-state index >= 15 is 0 Å². The number of hydrogen-bond acceptors (Lipinski definition) is 5. The molecule has 0 atom stereocenters. The molecular weight excluding hydrogens is 246 g/mol. The maximum absolute atomic E-state index is 9.24. The highest BCUT2D eigenvalue weighted by Gasteiger charge is 2.17. The van der Waals surface area contributed by atoms with Gasteiger partial charge in [-0.15, -0.1) is 0 Å². The molecule has 0 aromatic heterocycles. The molecular formula is C14H23NO4. The van der Waals surface area contributed by atoms with E-state index in [9.17, 15) is 5.11 Å². The molecule has 0 bridgehead atoms. The van der Waals surface area contributed by atoms with Crippen molar-refractivity contribution in [2.45, 2.75) is 25.9 Å². The smallest absolute Gasteiger partial charge is 0.164 e. The van der Waals surface area contributed by atoms with Gasteiger partial charge >= 0.3 is 0 Å². The number of ether oxygens (including phenoxy) is 3. The number of aliphatic hydroxyl groups excluding tert-OH is 1. The third kappa shape index (κ3) is 4.01. The molecule has 0 aliphatic carbocycles. The predicted octanol–water partition coefficient (Wildman–Crippen LogP) is 1.57. The zero-order chi connectivity index (χ0) is 14.5. The maximum Gasteiger partial charge on any atom is 0.164 e. The Balaban J connectivity index is 2.99. The van der Waals surface area contributed by atoms with Crippen LogP contribution in [0.15, 0.2) is 12.1 Å². The number of nitrogens with one attached hydrogen (secondary N) is 1. The van der Waals surface area contributed by atoms with Crippen molar-refractivity contribution in [2.24, 2.45) is 0 Å². The van der Waals surface area contributed by atoms with Gasteiger partial charge in [-0.3, -0.25) is 0 Å². The lowest BCUT2D eigenvalue weighted by molar-refractivity contribution is 0.187. The number of aliphatic hydroxyl groups is 1. The predicted molar refractivity (Wildman–Crippen MR) is 74.1 cm³/mol. The molecule has 0 saturated heterocycles. The largest absolute Gasteiger partial charge is 0.496 e. The van der Waals surface area contributed by atoms with Crippen LogP contribution < -0.4 is 19.5 Å². The molecule has 2 N–H and O–H groups in total. The second kappa shape index (κ2) is 6.63. The highest BCUT2D eigenvalue weighted by atomic mass is 16.5. The van der Waals surface area contributed by atoms with Gasteiger partial charge in [0.05, 0.1) is 27.9 Å². The summed E-state index contributed by atoms with van der Waals surface area (Å²) in [5.41, 5.74) is 0.597. The zero-order valence-electron chi connectivity index (χ0n) is 12.2. The van der Waals surface area contributed by atoms with Gasteiger partial charge in [0, 0.05) is 23.7 Å². The lowest BCUT2D eigenvalue weighted by Crippen LogP contribution is -2.42. The molecule has 1 aromatic carbocycles. The molecule has 19 heavy (non-hydrogen) atoms. The van der Waals surface area contributed by atoms with Gasteiger partial charge in [0.15, 0.2) is 11.5 Å². The Kier molecular flexibility index (Phi) is 5.44. The fraction of sp³-hybridized carbons (Fsp3) is 0.571. The van der Waals surface area contributed by atoms with Gasteiger partial charge < -0.3 is 24.6 Å². The molecule has 0 aliphatic heterocycles. The molecule has 0 heterocycles. The topological polar surface area (TPSA) is 60.0 Å². The first-order valence-electron chi connectivity index (χ1n) is 6.12. The average Bonchev–Trinajstić information content (AvgIpc) is 2.44. The third-order valence-electron chi connectivity index (χ3n) is 2.94. The standard InChI is InChI=1S/C14H23NO4/c1-14(2,9-16)15-8-10-6-12(18-4)13(19-5)7-11(10)17-3/h6-7,15-16H,8-9H2,1-5H3. The van der Waals surface area contributed by atoms with E-state index < -0.39 is 0 Å². The summed E-state index contributed by atoms with van der Waals surface area (Å²) in [4.78, 5) is 0. The summed E-state index contributed by atoms with van der Waals surface area (Å²) in [6.45, 7) is 4.49. The van der Waals surface area contributed by atoms with E-state index in [2.05, 4.69) is 5.32 Å². The highest BCUT2D eigenvalue weighted by molar-refractivity contribution is 5.50. The quantitative estimate of drug-likeness (QED) is 0.787. The minimum absolute atomic E-state index is 0.0581. The Hall–Kier alpha value is -1.46. The molecule has 0 radical (unpaired) electrons. The summed E-state index contributed by atoms with van der Waals surface area (Å²) in [5, 5.41) is 12.5. The molecule has 0 saturated carbocycles. The van der Waals surface area contributed by atoms with Crippen LogP contribution in [0, 0.1) is 0 Å². The molecule has 0 unspecified atom stereocenters. The minimum Gasteiger partial charge on any atom is -0.496 e. The van der Waals surface area contributed by atoms with E-state index in [1.54, 1.807) is 27.4 Å². The lowest BCUT2D eigenvalue weighted by Gasteiger charge is -2.24.